The van der Waals surface area contributed by atoms with Gasteiger partial charge in [0.1, 0.15) is 12.5 Å². The van der Waals surface area contributed by atoms with Gasteiger partial charge in [-0.2, -0.15) is 0 Å². The van der Waals surface area contributed by atoms with Gasteiger partial charge in [-0.15, -0.1) is 0 Å². The van der Waals surface area contributed by atoms with Crippen molar-refractivity contribution in [2.75, 3.05) is 47.4 Å². The van der Waals surface area contributed by atoms with Gasteiger partial charge in [-0.05, 0) is 40.0 Å². The molecule has 3 aromatic carbocycles. The molecule has 6 nitrogen and oxygen atoms in total. The van der Waals surface area contributed by atoms with Crippen LogP contribution in [0.1, 0.15) is 39.7 Å². The summed E-state index contributed by atoms with van der Waals surface area (Å²) in [6, 6.07) is 29.3. The van der Waals surface area contributed by atoms with Crippen LogP contribution in [0.5, 0.6) is 5.75 Å². The minimum absolute atomic E-state index is 0.127. The lowest BCUT2D eigenvalue weighted by Crippen LogP contribution is -2.67. The van der Waals surface area contributed by atoms with Gasteiger partial charge in [0.15, 0.2) is 0 Å². The minimum Gasteiger partial charge on any atom is -0.497 e. The zero-order valence-corrected chi connectivity index (χ0v) is 26.0. The van der Waals surface area contributed by atoms with Crippen molar-refractivity contribution >= 4 is 18.7 Å². The van der Waals surface area contributed by atoms with E-state index < -0.39 is 13.9 Å². The molecule has 0 heterocycles. The van der Waals surface area contributed by atoms with Crippen LogP contribution in [0.4, 0.5) is 0 Å². The van der Waals surface area contributed by atoms with E-state index in [4.69, 9.17) is 28.1 Å². The van der Waals surface area contributed by atoms with E-state index in [-0.39, 0.29) is 11.8 Å². The maximum atomic E-state index is 7.26. The van der Waals surface area contributed by atoms with Gasteiger partial charge >= 0.3 is 0 Å². The predicted molar refractivity (Wildman–Crippen MR) is 163 cm³/mol. The second kappa shape index (κ2) is 15.5. The van der Waals surface area contributed by atoms with Gasteiger partial charge in [0.05, 0.1) is 45.7 Å². The third-order valence-electron chi connectivity index (χ3n) is 7.13. The molecular weight excluding hydrogens is 520 g/mol. The van der Waals surface area contributed by atoms with Crippen molar-refractivity contribution in [3.8, 4) is 5.75 Å². The molecule has 0 radical (unpaired) electrons. The molecule has 0 saturated heterocycles. The van der Waals surface area contributed by atoms with Crippen molar-refractivity contribution in [1.29, 1.82) is 0 Å². The molecule has 3 rings (SSSR count). The summed E-state index contributed by atoms with van der Waals surface area (Å²) in [5, 5.41) is 2.36. The number of rotatable bonds is 17. The van der Waals surface area contributed by atoms with Crippen molar-refractivity contribution in [3.05, 3.63) is 90.5 Å². The highest BCUT2D eigenvalue weighted by Gasteiger charge is 2.51. The third-order valence-corrected chi connectivity index (χ3v) is 12.1. The Bertz CT molecular complexity index is 1060. The lowest BCUT2D eigenvalue weighted by Gasteiger charge is -2.45. The van der Waals surface area contributed by atoms with Crippen LogP contribution in [-0.2, 0) is 30.0 Å². The molecule has 0 fully saturated rings. The van der Waals surface area contributed by atoms with Gasteiger partial charge in [-0.1, -0.05) is 93.6 Å². The molecular formula is C33H46O6Si. The number of ether oxygens (including phenoxy) is 5. The molecule has 1 atom stereocenters. The summed E-state index contributed by atoms with van der Waals surface area (Å²) in [5.74, 6) is 0.823. The third kappa shape index (κ3) is 8.74. The van der Waals surface area contributed by atoms with Crippen LogP contribution in [0, 0.1) is 0 Å². The van der Waals surface area contributed by atoms with Crippen LogP contribution in [-0.4, -0.2) is 61.4 Å². The van der Waals surface area contributed by atoms with Gasteiger partial charge in [0.2, 0.25) is 0 Å². The molecule has 1 unspecified atom stereocenters. The van der Waals surface area contributed by atoms with Crippen LogP contribution in [0.25, 0.3) is 0 Å². The van der Waals surface area contributed by atoms with Crippen molar-refractivity contribution in [2.45, 2.75) is 51.4 Å². The van der Waals surface area contributed by atoms with Crippen LogP contribution >= 0.6 is 0 Å². The lowest BCUT2D eigenvalue weighted by atomic mass is 10.0. The SMILES string of the molecule is COCCOCOCCC(C)(CO[Si](c1ccccc1)(c1ccccc1)C(C)(C)C)OCc1ccc(OC)cc1. The van der Waals surface area contributed by atoms with Crippen molar-refractivity contribution < 1.29 is 28.1 Å². The quantitative estimate of drug-likeness (QED) is 0.121. The summed E-state index contributed by atoms with van der Waals surface area (Å²) in [6.07, 6.45) is 0.648. The lowest BCUT2D eigenvalue weighted by molar-refractivity contribution is -0.111. The van der Waals surface area contributed by atoms with E-state index in [0.29, 0.717) is 39.5 Å². The van der Waals surface area contributed by atoms with E-state index in [1.165, 1.54) is 10.4 Å². The first-order valence-corrected chi connectivity index (χ1v) is 15.8. The monoisotopic (exact) mass is 566 g/mol. The Morgan fingerprint density at radius 2 is 1.25 bits per heavy atom. The summed E-state index contributed by atoms with van der Waals surface area (Å²) in [7, 11) is 0.600. The molecule has 3 aromatic rings. The van der Waals surface area contributed by atoms with Gasteiger partial charge in [0.25, 0.3) is 8.32 Å². The van der Waals surface area contributed by atoms with E-state index in [0.717, 1.165) is 11.3 Å². The molecule has 0 saturated carbocycles. The molecule has 0 aliphatic heterocycles. The molecule has 0 aliphatic carbocycles. The number of methoxy groups -OCH3 is 2. The van der Waals surface area contributed by atoms with E-state index in [9.17, 15) is 0 Å². The fraction of sp³-hybridized carbons (Fsp3) is 0.455. The molecule has 0 N–H and O–H groups in total. The average Bonchev–Trinajstić information content (AvgIpc) is 2.97. The van der Waals surface area contributed by atoms with E-state index >= 15 is 0 Å². The zero-order chi connectivity index (χ0) is 28.9. The van der Waals surface area contributed by atoms with Crippen LogP contribution < -0.4 is 15.1 Å². The molecule has 0 amide bonds. The average molecular weight is 567 g/mol. The number of hydrogen-bond acceptors (Lipinski definition) is 6. The fourth-order valence-corrected chi connectivity index (χ4v) is 9.47. The fourth-order valence-electron chi connectivity index (χ4n) is 4.79. The zero-order valence-electron chi connectivity index (χ0n) is 25.0. The van der Waals surface area contributed by atoms with E-state index in [1.54, 1.807) is 14.2 Å². The van der Waals surface area contributed by atoms with Gasteiger partial charge in [-0.3, -0.25) is 0 Å². The minimum atomic E-state index is -2.73. The first kappa shape index (κ1) is 32.0. The maximum absolute atomic E-state index is 7.26. The summed E-state index contributed by atoms with van der Waals surface area (Å²) < 4.78 is 35.5. The maximum Gasteiger partial charge on any atom is 0.261 e. The van der Waals surface area contributed by atoms with Gasteiger partial charge < -0.3 is 28.1 Å². The van der Waals surface area contributed by atoms with Crippen LogP contribution in [0.15, 0.2) is 84.9 Å². The molecule has 40 heavy (non-hydrogen) atoms. The Hall–Kier alpha value is -2.52. The highest BCUT2D eigenvalue weighted by atomic mass is 28.4. The second-order valence-corrected chi connectivity index (χ2v) is 15.5. The Morgan fingerprint density at radius 1 is 0.675 bits per heavy atom. The van der Waals surface area contributed by atoms with Crippen molar-refractivity contribution in [3.63, 3.8) is 0 Å². The first-order chi connectivity index (χ1) is 19.2. The predicted octanol–water partition coefficient (Wildman–Crippen LogP) is 5.57. The summed E-state index contributed by atoms with van der Waals surface area (Å²) in [4.78, 5) is 0. The topological polar surface area (TPSA) is 55.4 Å². The highest BCUT2D eigenvalue weighted by molar-refractivity contribution is 6.99. The van der Waals surface area contributed by atoms with E-state index in [2.05, 4.69) is 88.4 Å². The Morgan fingerprint density at radius 3 is 1.77 bits per heavy atom. The molecule has 0 aliphatic rings. The van der Waals surface area contributed by atoms with Crippen molar-refractivity contribution in [2.24, 2.45) is 0 Å². The Balaban J connectivity index is 1.85. The largest absolute Gasteiger partial charge is 0.497 e. The Labute approximate surface area is 241 Å². The summed E-state index contributed by atoms with van der Waals surface area (Å²) in [5.41, 5.74) is 0.473. The normalized spacial score (nSPS) is 13.7. The van der Waals surface area contributed by atoms with Crippen LogP contribution in [0.2, 0.25) is 5.04 Å². The number of benzene rings is 3. The first-order valence-electron chi connectivity index (χ1n) is 13.9. The molecule has 7 heteroatoms. The van der Waals surface area contributed by atoms with E-state index in [1.807, 2.05) is 24.3 Å². The summed E-state index contributed by atoms with van der Waals surface area (Å²) in [6.45, 7) is 11.6. The molecule has 0 spiro atoms. The van der Waals surface area contributed by atoms with Gasteiger partial charge in [0, 0.05) is 13.5 Å². The molecule has 218 valence electrons. The summed E-state index contributed by atoms with van der Waals surface area (Å²) >= 11 is 0. The highest BCUT2D eigenvalue weighted by Crippen LogP contribution is 2.38. The van der Waals surface area contributed by atoms with Gasteiger partial charge in [-0.25, -0.2) is 0 Å². The van der Waals surface area contributed by atoms with Crippen molar-refractivity contribution in [1.82, 2.24) is 0 Å². The smallest absolute Gasteiger partial charge is 0.261 e. The number of hydrogen-bond donors (Lipinski definition) is 0. The standard InChI is InChI=1S/C33H46O6Si/c1-32(2,3)40(30-13-9-7-10-14-30,31-15-11-8-12-16-31)39-26-33(4,21-22-36-27-37-24-23-34-5)38-25-28-17-19-29(35-6)20-18-28/h7-20H,21-27H2,1-6H3. The van der Waals surface area contributed by atoms with Crippen LogP contribution in [0.3, 0.4) is 0 Å². The molecule has 0 aromatic heterocycles. The Kier molecular flexibility index (Phi) is 12.4. The molecule has 0 bridgehead atoms. The second-order valence-electron chi connectivity index (χ2n) is 11.2.